The van der Waals surface area contributed by atoms with Crippen LogP contribution in [-0.2, 0) is 9.53 Å². The van der Waals surface area contributed by atoms with Gasteiger partial charge in [-0.15, -0.1) is 0 Å². The third-order valence-corrected chi connectivity index (χ3v) is 3.07. The summed E-state index contributed by atoms with van der Waals surface area (Å²) in [5.41, 5.74) is 0.439. The average molecular weight is 264 g/mol. The zero-order valence-corrected chi connectivity index (χ0v) is 11.5. The van der Waals surface area contributed by atoms with Crippen LogP contribution in [0.15, 0.2) is 30.3 Å². The minimum Gasteiger partial charge on any atom is -0.481 e. The summed E-state index contributed by atoms with van der Waals surface area (Å²) in [7, 11) is 0. The highest BCUT2D eigenvalue weighted by Crippen LogP contribution is 2.22. The molecule has 0 saturated carbocycles. The molecule has 0 heterocycles. The maximum Gasteiger partial charge on any atom is 0.338 e. The number of ether oxygens (including phenoxy) is 1. The molecule has 1 rings (SSSR count). The Hall–Kier alpha value is -1.84. The number of carboxylic acid groups (broad SMARTS) is 1. The molecule has 1 N–H and O–H groups in total. The van der Waals surface area contributed by atoms with Crippen LogP contribution in [0, 0.1) is 11.8 Å². The Kier molecular flexibility index (Phi) is 5.55. The summed E-state index contributed by atoms with van der Waals surface area (Å²) in [6.45, 7) is 5.46. The number of carbonyl (C=O) groups is 2. The number of benzene rings is 1. The van der Waals surface area contributed by atoms with E-state index < -0.39 is 24.0 Å². The van der Waals surface area contributed by atoms with Crippen LogP contribution < -0.4 is 0 Å². The van der Waals surface area contributed by atoms with Gasteiger partial charge in [0.1, 0.15) is 6.10 Å². The summed E-state index contributed by atoms with van der Waals surface area (Å²) < 4.78 is 5.35. The van der Waals surface area contributed by atoms with Crippen molar-refractivity contribution >= 4 is 11.9 Å². The highest BCUT2D eigenvalue weighted by atomic mass is 16.5. The van der Waals surface area contributed by atoms with Gasteiger partial charge in [-0.1, -0.05) is 39.0 Å². The second-order valence-corrected chi connectivity index (χ2v) is 4.83. The van der Waals surface area contributed by atoms with Crippen molar-refractivity contribution in [1.82, 2.24) is 0 Å². The van der Waals surface area contributed by atoms with Crippen molar-refractivity contribution in [2.45, 2.75) is 33.3 Å². The first-order valence-corrected chi connectivity index (χ1v) is 6.46. The lowest BCUT2D eigenvalue weighted by Gasteiger charge is -2.25. The SMILES string of the molecule is CCC(OC(=O)c1ccccc1)C(C(=O)O)C(C)C. The van der Waals surface area contributed by atoms with E-state index in [-0.39, 0.29) is 5.92 Å². The quantitative estimate of drug-likeness (QED) is 0.802. The Bertz CT molecular complexity index is 425. The minimum absolute atomic E-state index is 0.0916. The Labute approximate surface area is 113 Å². The molecule has 19 heavy (non-hydrogen) atoms. The van der Waals surface area contributed by atoms with E-state index in [1.165, 1.54) is 0 Å². The van der Waals surface area contributed by atoms with Gasteiger partial charge in [0, 0.05) is 0 Å². The first-order valence-electron chi connectivity index (χ1n) is 6.46. The first kappa shape index (κ1) is 15.2. The molecule has 4 nitrogen and oxygen atoms in total. The second kappa shape index (κ2) is 6.92. The van der Waals surface area contributed by atoms with Gasteiger partial charge in [-0.05, 0) is 24.5 Å². The summed E-state index contributed by atoms with van der Waals surface area (Å²) in [5, 5.41) is 9.24. The number of carbonyl (C=O) groups excluding carboxylic acids is 1. The molecule has 0 fully saturated rings. The highest BCUT2D eigenvalue weighted by Gasteiger charge is 2.32. The third kappa shape index (κ3) is 4.09. The van der Waals surface area contributed by atoms with E-state index in [4.69, 9.17) is 4.74 Å². The fourth-order valence-corrected chi connectivity index (χ4v) is 2.06. The molecule has 0 saturated heterocycles. The molecule has 1 aromatic carbocycles. The largest absolute Gasteiger partial charge is 0.481 e. The molecule has 2 unspecified atom stereocenters. The molecule has 0 radical (unpaired) electrons. The molecule has 0 aliphatic carbocycles. The Morgan fingerprint density at radius 2 is 1.79 bits per heavy atom. The van der Waals surface area contributed by atoms with Gasteiger partial charge in [-0.2, -0.15) is 0 Å². The van der Waals surface area contributed by atoms with E-state index in [9.17, 15) is 14.7 Å². The number of esters is 1. The lowest BCUT2D eigenvalue weighted by Crippen LogP contribution is -2.35. The maximum atomic E-state index is 11.9. The molecule has 2 atom stereocenters. The van der Waals surface area contributed by atoms with Crippen LogP contribution in [0.3, 0.4) is 0 Å². The lowest BCUT2D eigenvalue weighted by atomic mass is 9.89. The third-order valence-electron chi connectivity index (χ3n) is 3.07. The summed E-state index contributed by atoms with van der Waals surface area (Å²) >= 11 is 0. The zero-order chi connectivity index (χ0) is 14.4. The molecule has 0 aromatic heterocycles. The highest BCUT2D eigenvalue weighted by molar-refractivity contribution is 5.89. The molecule has 0 amide bonds. The van der Waals surface area contributed by atoms with E-state index in [2.05, 4.69) is 0 Å². The van der Waals surface area contributed by atoms with E-state index >= 15 is 0 Å². The fourth-order valence-electron chi connectivity index (χ4n) is 2.06. The second-order valence-electron chi connectivity index (χ2n) is 4.83. The summed E-state index contributed by atoms with van der Waals surface area (Å²) in [4.78, 5) is 23.2. The molecule has 0 aliphatic rings. The van der Waals surface area contributed by atoms with Crippen molar-refractivity contribution < 1.29 is 19.4 Å². The number of hydrogen-bond acceptors (Lipinski definition) is 3. The minimum atomic E-state index is -0.928. The van der Waals surface area contributed by atoms with Crippen LogP contribution in [0.4, 0.5) is 0 Å². The van der Waals surface area contributed by atoms with Gasteiger partial charge in [-0.25, -0.2) is 4.79 Å². The molecular weight excluding hydrogens is 244 g/mol. The van der Waals surface area contributed by atoms with Crippen LogP contribution in [0.5, 0.6) is 0 Å². The van der Waals surface area contributed by atoms with Crippen molar-refractivity contribution in [2.75, 3.05) is 0 Å². The van der Waals surface area contributed by atoms with Crippen LogP contribution in [-0.4, -0.2) is 23.1 Å². The summed E-state index contributed by atoms with van der Waals surface area (Å²) in [5.74, 6) is -2.18. The predicted octanol–water partition coefficient (Wildman–Crippen LogP) is 2.98. The number of carboxylic acids is 1. The van der Waals surface area contributed by atoms with Crippen molar-refractivity contribution in [3.63, 3.8) is 0 Å². The zero-order valence-electron chi connectivity index (χ0n) is 11.5. The smallest absolute Gasteiger partial charge is 0.338 e. The molecule has 0 bridgehead atoms. The van der Waals surface area contributed by atoms with E-state index in [0.717, 1.165) is 0 Å². The topological polar surface area (TPSA) is 63.6 Å². The number of rotatable bonds is 6. The molecular formula is C15H20O4. The fraction of sp³-hybridized carbons (Fsp3) is 0.467. The van der Waals surface area contributed by atoms with Gasteiger partial charge < -0.3 is 9.84 Å². The van der Waals surface area contributed by atoms with Crippen LogP contribution in [0.1, 0.15) is 37.6 Å². The molecule has 104 valence electrons. The summed E-state index contributed by atoms with van der Waals surface area (Å²) in [6, 6.07) is 8.60. The standard InChI is InChI=1S/C15H20O4/c1-4-12(13(10(2)3)14(16)17)19-15(18)11-8-6-5-7-9-11/h5-10,12-13H,4H2,1-3H3,(H,16,17). The average Bonchev–Trinajstić information content (AvgIpc) is 2.37. The Morgan fingerprint density at radius 3 is 2.21 bits per heavy atom. The molecule has 4 heteroatoms. The Balaban J connectivity index is 2.82. The summed E-state index contributed by atoms with van der Waals surface area (Å²) in [6.07, 6.45) is -0.126. The van der Waals surface area contributed by atoms with Crippen LogP contribution >= 0.6 is 0 Å². The number of aliphatic carboxylic acids is 1. The molecule has 0 spiro atoms. The van der Waals surface area contributed by atoms with Crippen molar-refractivity contribution in [3.05, 3.63) is 35.9 Å². The van der Waals surface area contributed by atoms with Crippen LogP contribution in [0.25, 0.3) is 0 Å². The van der Waals surface area contributed by atoms with E-state index in [1.807, 2.05) is 26.8 Å². The van der Waals surface area contributed by atoms with Crippen molar-refractivity contribution in [2.24, 2.45) is 11.8 Å². The normalized spacial score (nSPS) is 13.9. The van der Waals surface area contributed by atoms with E-state index in [0.29, 0.717) is 12.0 Å². The van der Waals surface area contributed by atoms with E-state index in [1.54, 1.807) is 24.3 Å². The maximum absolute atomic E-state index is 11.9. The predicted molar refractivity (Wildman–Crippen MR) is 71.9 cm³/mol. The van der Waals surface area contributed by atoms with Gasteiger partial charge in [0.2, 0.25) is 0 Å². The monoisotopic (exact) mass is 264 g/mol. The van der Waals surface area contributed by atoms with Crippen molar-refractivity contribution in [1.29, 1.82) is 0 Å². The van der Waals surface area contributed by atoms with Gasteiger partial charge >= 0.3 is 11.9 Å². The number of hydrogen-bond donors (Lipinski definition) is 1. The lowest BCUT2D eigenvalue weighted by molar-refractivity contribution is -0.148. The molecule has 1 aromatic rings. The van der Waals surface area contributed by atoms with Gasteiger partial charge in [0.15, 0.2) is 0 Å². The van der Waals surface area contributed by atoms with Gasteiger partial charge in [0.25, 0.3) is 0 Å². The molecule has 0 aliphatic heterocycles. The Morgan fingerprint density at radius 1 is 1.21 bits per heavy atom. The van der Waals surface area contributed by atoms with Crippen molar-refractivity contribution in [3.8, 4) is 0 Å². The van der Waals surface area contributed by atoms with Gasteiger partial charge in [0.05, 0.1) is 11.5 Å². The van der Waals surface area contributed by atoms with Crippen LogP contribution in [0.2, 0.25) is 0 Å². The first-order chi connectivity index (χ1) is 8.97. The van der Waals surface area contributed by atoms with Gasteiger partial charge in [-0.3, -0.25) is 4.79 Å².